The molecule has 0 heterocycles. The lowest BCUT2D eigenvalue weighted by Gasteiger charge is -2.46. The molecule has 0 aromatic heterocycles. The van der Waals surface area contributed by atoms with Crippen LogP contribution in [-0.4, -0.2) is 79.1 Å². The number of methoxy groups -OCH3 is 6. The summed E-state index contributed by atoms with van der Waals surface area (Å²) in [6.07, 6.45) is 2.79. The number of carbonyl (C=O) groups excluding carboxylic acids is 4. The molecular weight excluding hydrogens is 700 g/mol. The quantitative estimate of drug-likeness (QED) is 0.123. The fourth-order valence-corrected chi connectivity index (χ4v) is 7.25. The molecule has 0 aliphatic heterocycles. The van der Waals surface area contributed by atoms with Crippen LogP contribution in [0.2, 0.25) is 0 Å². The van der Waals surface area contributed by atoms with Crippen molar-refractivity contribution in [3.8, 4) is 34.5 Å². The number of carbonyl (C=O) groups is 4. The molecule has 16 heteroatoms. The van der Waals surface area contributed by atoms with Crippen LogP contribution in [0.4, 0.5) is 9.59 Å². The van der Waals surface area contributed by atoms with Crippen molar-refractivity contribution in [1.82, 2.24) is 0 Å². The summed E-state index contributed by atoms with van der Waals surface area (Å²) in [7, 11) is 8.38. The first-order chi connectivity index (χ1) is 25.4. The number of hydrogen-bond acceptors (Lipinski definition) is 16. The van der Waals surface area contributed by atoms with Crippen LogP contribution in [0, 0.1) is 17.3 Å². The van der Waals surface area contributed by atoms with Crippen LogP contribution in [0.3, 0.4) is 0 Å². The molecular formula is C37H48O16. The Kier molecular flexibility index (Phi) is 14.1. The van der Waals surface area contributed by atoms with E-state index in [4.69, 9.17) is 47.7 Å². The van der Waals surface area contributed by atoms with E-state index < -0.39 is 24.2 Å². The zero-order chi connectivity index (χ0) is 38.7. The highest BCUT2D eigenvalue weighted by Gasteiger charge is 2.42. The van der Waals surface area contributed by atoms with Crippen molar-refractivity contribution >= 4 is 24.2 Å². The minimum atomic E-state index is -1.12. The van der Waals surface area contributed by atoms with Gasteiger partial charge in [-0.15, -0.1) is 0 Å². The summed E-state index contributed by atoms with van der Waals surface area (Å²) in [6, 6.07) is 5.79. The average Bonchev–Trinajstić information content (AvgIpc) is 3.17. The monoisotopic (exact) mass is 748 g/mol. The van der Waals surface area contributed by atoms with Crippen LogP contribution in [0.25, 0.3) is 0 Å². The summed E-state index contributed by atoms with van der Waals surface area (Å²) < 4.78 is 42.4. The van der Waals surface area contributed by atoms with Crippen molar-refractivity contribution in [3.05, 3.63) is 35.4 Å². The maximum Gasteiger partial charge on any atom is 0.550 e. The third kappa shape index (κ3) is 9.59. The summed E-state index contributed by atoms with van der Waals surface area (Å²) in [5.41, 5.74) is -0.0926. The van der Waals surface area contributed by atoms with Gasteiger partial charge >= 0.3 is 24.2 Å². The van der Waals surface area contributed by atoms with Crippen molar-refractivity contribution in [1.29, 1.82) is 0 Å². The Labute approximate surface area is 307 Å². The summed E-state index contributed by atoms with van der Waals surface area (Å²) in [6.45, 7) is 4.49. The van der Waals surface area contributed by atoms with Gasteiger partial charge < -0.3 is 37.9 Å². The topological polar surface area (TPSA) is 179 Å². The van der Waals surface area contributed by atoms with Gasteiger partial charge in [0.15, 0.2) is 23.0 Å². The SMILES string of the molecule is COc1ccc(C(=O)OOC(=O)OC2CCC(C(C)(C)C3CCC(OC(=O)OOC(=O)c4ccc(OC)c(OC)c4OC)CC3)CC2)c(OC)c1OC. The molecule has 0 spiro atoms. The summed E-state index contributed by atoms with van der Waals surface area (Å²) in [5, 5.41) is 0. The molecule has 0 unspecified atom stereocenters. The molecule has 2 aromatic rings. The second-order valence-corrected chi connectivity index (χ2v) is 13.2. The molecule has 2 fully saturated rings. The van der Waals surface area contributed by atoms with Crippen LogP contribution in [0.1, 0.15) is 85.9 Å². The Hall–Kier alpha value is -5.28. The lowest BCUT2D eigenvalue weighted by Crippen LogP contribution is -2.39. The Balaban J connectivity index is 1.18. The van der Waals surface area contributed by atoms with E-state index in [2.05, 4.69) is 23.6 Å². The van der Waals surface area contributed by atoms with E-state index in [0.717, 1.165) is 25.7 Å². The minimum Gasteiger partial charge on any atom is -0.493 e. The molecule has 0 atom stereocenters. The number of ether oxygens (including phenoxy) is 8. The highest BCUT2D eigenvalue weighted by molar-refractivity contribution is 5.95. The zero-order valence-corrected chi connectivity index (χ0v) is 31.3. The van der Waals surface area contributed by atoms with Gasteiger partial charge in [-0.05, 0) is 92.9 Å². The first-order valence-corrected chi connectivity index (χ1v) is 17.2. The predicted molar refractivity (Wildman–Crippen MR) is 183 cm³/mol. The zero-order valence-electron chi connectivity index (χ0n) is 31.3. The molecule has 2 saturated carbocycles. The van der Waals surface area contributed by atoms with Crippen LogP contribution in [0.5, 0.6) is 34.5 Å². The first-order valence-electron chi connectivity index (χ1n) is 17.2. The van der Waals surface area contributed by atoms with Crippen molar-refractivity contribution in [2.45, 2.75) is 77.4 Å². The van der Waals surface area contributed by atoms with Crippen LogP contribution in [-0.2, 0) is 29.0 Å². The summed E-state index contributed by atoms with van der Waals surface area (Å²) >= 11 is 0. The highest BCUT2D eigenvalue weighted by atomic mass is 17.2. The van der Waals surface area contributed by atoms with Crippen molar-refractivity contribution in [3.63, 3.8) is 0 Å². The number of hydrogen-bond donors (Lipinski definition) is 0. The number of benzene rings is 2. The van der Waals surface area contributed by atoms with E-state index in [1.165, 1.54) is 66.9 Å². The third-order valence-corrected chi connectivity index (χ3v) is 10.2. The van der Waals surface area contributed by atoms with E-state index in [9.17, 15) is 19.2 Å². The van der Waals surface area contributed by atoms with Crippen molar-refractivity contribution in [2.24, 2.45) is 17.3 Å². The average molecular weight is 749 g/mol. The Bertz CT molecular complexity index is 1470. The minimum absolute atomic E-state index is 0.0288. The molecule has 0 saturated heterocycles. The third-order valence-electron chi connectivity index (χ3n) is 10.2. The van der Waals surface area contributed by atoms with Crippen LogP contribution in [0.15, 0.2) is 24.3 Å². The summed E-state index contributed by atoms with van der Waals surface area (Å²) in [5.74, 6) is -0.0329. The molecule has 16 nitrogen and oxygen atoms in total. The normalized spacial score (nSPS) is 19.8. The lowest BCUT2D eigenvalue weighted by atomic mass is 9.60. The van der Waals surface area contributed by atoms with Crippen molar-refractivity contribution in [2.75, 3.05) is 42.7 Å². The van der Waals surface area contributed by atoms with Gasteiger partial charge in [0, 0.05) is 0 Å². The summed E-state index contributed by atoms with van der Waals surface area (Å²) in [4.78, 5) is 68.9. The second kappa shape index (κ2) is 18.5. The van der Waals surface area contributed by atoms with E-state index in [1.807, 2.05) is 0 Å². The van der Waals surface area contributed by atoms with E-state index >= 15 is 0 Å². The largest absolute Gasteiger partial charge is 0.550 e. The van der Waals surface area contributed by atoms with Gasteiger partial charge in [0.2, 0.25) is 11.5 Å². The Morgan fingerprint density at radius 1 is 0.472 bits per heavy atom. The van der Waals surface area contributed by atoms with Gasteiger partial charge in [-0.1, -0.05) is 13.8 Å². The molecule has 0 amide bonds. The molecule has 2 aromatic carbocycles. The van der Waals surface area contributed by atoms with Crippen molar-refractivity contribution < 1.29 is 76.6 Å². The fraction of sp³-hybridized carbons (Fsp3) is 0.568. The number of rotatable bonds is 12. The molecule has 292 valence electrons. The van der Waals surface area contributed by atoms with Gasteiger partial charge in [0.05, 0.1) is 42.7 Å². The Morgan fingerprint density at radius 3 is 1.11 bits per heavy atom. The molecule has 0 radical (unpaired) electrons. The predicted octanol–water partition coefficient (Wildman–Crippen LogP) is 7.03. The first kappa shape index (κ1) is 40.5. The highest BCUT2D eigenvalue weighted by Crippen LogP contribution is 2.49. The molecule has 0 N–H and O–H groups in total. The van der Waals surface area contributed by atoms with Crippen LogP contribution >= 0.6 is 0 Å². The molecule has 2 aliphatic carbocycles. The Morgan fingerprint density at radius 2 is 0.811 bits per heavy atom. The fourth-order valence-electron chi connectivity index (χ4n) is 7.25. The van der Waals surface area contributed by atoms with Gasteiger partial charge in [-0.25, -0.2) is 29.1 Å². The molecule has 4 rings (SSSR count). The smallest absolute Gasteiger partial charge is 0.493 e. The maximum atomic E-state index is 12.6. The second-order valence-electron chi connectivity index (χ2n) is 13.2. The van der Waals surface area contributed by atoms with Gasteiger partial charge in [-0.2, -0.15) is 9.59 Å². The van der Waals surface area contributed by atoms with Crippen LogP contribution < -0.4 is 28.4 Å². The van der Waals surface area contributed by atoms with E-state index in [-0.39, 0.29) is 51.7 Å². The molecule has 53 heavy (non-hydrogen) atoms. The molecule has 0 bridgehead atoms. The maximum absolute atomic E-state index is 12.6. The standard InChI is InChI=1S/C37H48O16/c1-37(2,21-9-13-23(14-10-21)48-35(40)52-50-33(38)25-17-19-27(42-3)31(46-7)29(25)44-5)22-11-15-24(16-12-22)49-36(41)53-51-34(39)26-18-20-28(43-4)32(47-8)30(26)45-6/h17-24H,9-16H2,1-8H3. The van der Waals surface area contributed by atoms with E-state index in [1.54, 1.807) is 0 Å². The van der Waals surface area contributed by atoms with E-state index in [0.29, 0.717) is 49.0 Å². The lowest BCUT2D eigenvalue weighted by molar-refractivity contribution is -0.209. The van der Waals surface area contributed by atoms with Gasteiger partial charge in [0.1, 0.15) is 23.3 Å². The van der Waals surface area contributed by atoms with Gasteiger partial charge in [0.25, 0.3) is 0 Å². The van der Waals surface area contributed by atoms with Gasteiger partial charge in [-0.3, -0.25) is 0 Å². The molecule has 2 aliphatic rings.